The number of nitrogens with zero attached hydrogens (tertiary/aromatic N) is 4. The van der Waals surface area contributed by atoms with E-state index in [-0.39, 0.29) is 17.0 Å². The second-order valence-corrected chi connectivity index (χ2v) is 8.16. The van der Waals surface area contributed by atoms with Gasteiger partial charge >= 0.3 is 0 Å². The van der Waals surface area contributed by atoms with Crippen LogP contribution in [0.15, 0.2) is 34.1 Å². The highest BCUT2D eigenvalue weighted by atomic mass is 32.2. The van der Waals surface area contributed by atoms with Crippen molar-refractivity contribution in [2.75, 3.05) is 6.61 Å². The molecular formula is C17H21N5O4S. The Balaban J connectivity index is 1.60. The number of fused-ring (bicyclic) bond motifs is 1. The third-order valence-corrected chi connectivity index (χ3v) is 6.19. The van der Waals surface area contributed by atoms with Gasteiger partial charge in [0, 0.05) is 24.9 Å². The molecule has 10 heteroatoms. The monoisotopic (exact) mass is 391 g/mol. The first-order valence-corrected chi connectivity index (χ1v) is 10.4. The minimum Gasteiger partial charge on any atom is -0.372 e. The molecule has 0 bridgehead atoms. The molecule has 1 aliphatic rings. The van der Waals surface area contributed by atoms with Crippen LogP contribution in [0.1, 0.15) is 37.6 Å². The molecule has 0 spiro atoms. The summed E-state index contributed by atoms with van der Waals surface area (Å²) < 4.78 is 41.3. The van der Waals surface area contributed by atoms with E-state index in [1.807, 2.05) is 20.0 Å². The summed E-state index contributed by atoms with van der Waals surface area (Å²) in [4.78, 5) is 4.18. The molecule has 1 fully saturated rings. The highest BCUT2D eigenvalue weighted by molar-refractivity contribution is 7.89. The topological polar surface area (TPSA) is 112 Å². The highest BCUT2D eigenvalue weighted by Crippen LogP contribution is 2.30. The van der Waals surface area contributed by atoms with Gasteiger partial charge in [-0.1, -0.05) is 12.1 Å². The van der Waals surface area contributed by atoms with Crippen molar-refractivity contribution in [3.8, 4) is 0 Å². The van der Waals surface area contributed by atoms with Crippen LogP contribution in [0.4, 0.5) is 0 Å². The SMILES string of the molecule is CCc1noc2ncc(S(=O)(=O)N[C@H]3CCO[C@@H]3c3cnn(CC)c3)cc12. The zero-order valence-electron chi connectivity index (χ0n) is 15.1. The standard InChI is InChI=1S/C17H21N5O4S/c1-3-14-13-7-12(9-18-17(13)26-20-14)27(23,24)21-15-5-6-25-16(15)11-8-19-22(4-2)10-11/h7-10,15-16,21H,3-6H2,1-2H3/t15-,16+/m0/s1. The third kappa shape index (κ3) is 3.35. The Hall–Kier alpha value is -2.30. The lowest BCUT2D eigenvalue weighted by Crippen LogP contribution is -2.36. The molecule has 144 valence electrons. The van der Waals surface area contributed by atoms with Crippen molar-refractivity contribution >= 4 is 21.1 Å². The van der Waals surface area contributed by atoms with Crippen LogP contribution < -0.4 is 4.72 Å². The van der Waals surface area contributed by atoms with E-state index in [1.54, 1.807) is 16.9 Å². The zero-order chi connectivity index (χ0) is 19.0. The Morgan fingerprint density at radius 2 is 2.19 bits per heavy atom. The maximum absolute atomic E-state index is 12.9. The molecule has 27 heavy (non-hydrogen) atoms. The van der Waals surface area contributed by atoms with Gasteiger partial charge in [-0.05, 0) is 25.8 Å². The van der Waals surface area contributed by atoms with Crippen LogP contribution in [0.5, 0.6) is 0 Å². The minimum absolute atomic E-state index is 0.0859. The molecule has 3 aromatic heterocycles. The molecule has 9 nitrogen and oxygen atoms in total. The number of pyridine rings is 1. The van der Waals surface area contributed by atoms with Crippen LogP contribution in [0.3, 0.4) is 0 Å². The first kappa shape index (κ1) is 18.1. The van der Waals surface area contributed by atoms with Crippen molar-refractivity contribution < 1.29 is 17.7 Å². The predicted molar refractivity (Wildman–Crippen MR) is 96.5 cm³/mol. The molecule has 3 aromatic rings. The highest BCUT2D eigenvalue weighted by Gasteiger charge is 2.34. The summed E-state index contributed by atoms with van der Waals surface area (Å²) in [6.45, 7) is 5.14. The van der Waals surface area contributed by atoms with Gasteiger partial charge in [0.15, 0.2) is 0 Å². The number of sulfonamides is 1. The number of aromatic nitrogens is 4. The normalized spacial score (nSPS) is 20.5. The Bertz CT molecular complexity index is 1060. The first-order valence-electron chi connectivity index (χ1n) is 8.92. The summed E-state index contributed by atoms with van der Waals surface area (Å²) in [5.41, 5.74) is 1.88. The Morgan fingerprint density at radius 1 is 1.33 bits per heavy atom. The smallest absolute Gasteiger partial charge is 0.258 e. The van der Waals surface area contributed by atoms with Gasteiger partial charge in [0.25, 0.3) is 5.71 Å². The lowest BCUT2D eigenvalue weighted by Gasteiger charge is -2.18. The molecule has 2 atom stereocenters. The van der Waals surface area contributed by atoms with Crippen LogP contribution in [0, 0.1) is 0 Å². The number of aryl methyl sites for hydroxylation is 2. The van der Waals surface area contributed by atoms with Gasteiger partial charge in [-0.3, -0.25) is 4.68 Å². The van der Waals surface area contributed by atoms with Crippen molar-refractivity contribution in [1.29, 1.82) is 0 Å². The lowest BCUT2D eigenvalue weighted by atomic mass is 10.1. The Morgan fingerprint density at radius 3 is 2.93 bits per heavy atom. The number of rotatable bonds is 6. The fourth-order valence-electron chi connectivity index (χ4n) is 3.27. The van der Waals surface area contributed by atoms with Gasteiger partial charge in [-0.15, -0.1) is 0 Å². The fourth-order valence-corrected chi connectivity index (χ4v) is 4.51. The molecule has 0 amide bonds. The van der Waals surface area contributed by atoms with E-state index in [9.17, 15) is 8.42 Å². The van der Waals surface area contributed by atoms with Gasteiger partial charge < -0.3 is 9.26 Å². The average Bonchev–Trinajstić information content (AvgIpc) is 3.39. The van der Waals surface area contributed by atoms with Crippen molar-refractivity contribution in [1.82, 2.24) is 24.6 Å². The van der Waals surface area contributed by atoms with Gasteiger partial charge in [0.2, 0.25) is 10.0 Å². The summed E-state index contributed by atoms with van der Waals surface area (Å²) in [7, 11) is -3.77. The molecule has 4 rings (SSSR count). The van der Waals surface area contributed by atoms with Crippen molar-refractivity contribution in [2.24, 2.45) is 0 Å². The second-order valence-electron chi connectivity index (χ2n) is 6.44. The number of nitrogens with one attached hydrogen (secondary N) is 1. The van der Waals surface area contributed by atoms with Gasteiger partial charge in [0.05, 0.1) is 29.5 Å². The molecular weight excluding hydrogens is 370 g/mol. The number of hydrogen-bond donors (Lipinski definition) is 1. The summed E-state index contributed by atoms with van der Waals surface area (Å²) >= 11 is 0. The first-order chi connectivity index (χ1) is 13.0. The van der Waals surface area contributed by atoms with E-state index in [4.69, 9.17) is 9.26 Å². The molecule has 0 saturated carbocycles. The number of hydrogen-bond acceptors (Lipinski definition) is 7. The van der Waals surface area contributed by atoms with E-state index >= 15 is 0 Å². The summed E-state index contributed by atoms with van der Waals surface area (Å²) in [5.74, 6) is 0. The van der Waals surface area contributed by atoms with E-state index in [1.165, 1.54) is 6.20 Å². The second kappa shape index (κ2) is 7.02. The van der Waals surface area contributed by atoms with Crippen molar-refractivity contribution in [3.63, 3.8) is 0 Å². The Kier molecular flexibility index (Phi) is 4.70. The maximum atomic E-state index is 12.9. The molecule has 0 aliphatic carbocycles. The van der Waals surface area contributed by atoms with Crippen LogP contribution in [-0.4, -0.2) is 41.0 Å². The van der Waals surface area contributed by atoms with Crippen LogP contribution >= 0.6 is 0 Å². The van der Waals surface area contributed by atoms with E-state index in [0.29, 0.717) is 36.2 Å². The molecule has 0 unspecified atom stereocenters. The fraction of sp³-hybridized carbons (Fsp3) is 0.471. The van der Waals surface area contributed by atoms with Gasteiger partial charge in [-0.25, -0.2) is 18.1 Å². The molecule has 0 aromatic carbocycles. The Labute approximate surface area is 156 Å². The molecule has 1 N–H and O–H groups in total. The van der Waals surface area contributed by atoms with Crippen molar-refractivity contribution in [2.45, 2.75) is 50.3 Å². The van der Waals surface area contributed by atoms with E-state index < -0.39 is 10.0 Å². The molecule has 1 aliphatic heterocycles. The minimum atomic E-state index is -3.77. The average molecular weight is 391 g/mol. The van der Waals surface area contributed by atoms with Crippen LogP contribution in [-0.2, 0) is 27.7 Å². The lowest BCUT2D eigenvalue weighted by molar-refractivity contribution is 0.102. The molecule has 1 saturated heterocycles. The van der Waals surface area contributed by atoms with Crippen molar-refractivity contribution in [3.05, 3.63) is 35.9 Å². The van der Waals surface area contributed by atoms with Crippen LogP contribution in [0.25, 0.3) is 11.1 Å². The predicted octanol–water partition coefficient (Wildman–Crippen LogP) is 1.81. The van der Waals surface area contributed by atoms with Crippen LogP contribution in [0.2, 0.25) is 0 Å². The quantitative estimate of drug-likeness (QED) is 0.682. The third-order valence-electron chi connectivity index (χ3n) is 4.73. The van der Waals surface area contributed by atoms with E-state index in [0.717, 1.165) is 12.1 Å². The molecule has 0 radical (unpaired) electrons. The molecule has 4 heterocycles. The zero-order valence-corrected chi connectivity index (χ0v) is 15.9. The summed E-state index contributed by atoms with van der Waals surface area (Å²) in [6, 6.07) is 1.19. The van der Waals surface area contributed by atoms with Gasteiger partial charge in [0.1, 0.15) is 11.0 Å². The van der Waals surface area contributed by atoms with E-state index in [2.05, 4.69) is 20.0 Å². The maximum Gasteiger partial charge on any atom is 0.258 e. The summed E-state index contributed by atoms with van der Waals surface area (Å²) in [5, 5.41) is 8.78. The summed E-state index contributed by atoms with van der Waals surface area (Å²) in [6.07, 6.45) is 5.75. The number of ether oxygens (including phenoxy) is 1. The van der Waals surface area contributed by atoms with Gasteiger partial charge in [-0.2, -0.15) is 5.10 Å². The largest absolute Gasteiger partial charge is 0.372 e.